The molecule has 0 aliphatic heterocycles. The second-order valence-corrected chi connectivity index (χ2v) is 8.92. The van der Waals surface area contributed by atoms with Crippen molar-refractivity contribution in [3.8, 4) is 5.75 Å². The van der Waals surface area contributed by atoms with Crippen molar-refractivity contribution in [2.75, 3.05) is 6.61 Å². The fourth-order valence-corrected chi connectivity index (χ4v) is 4.48. The van der Waals surface area contributed by atoms with Crippen molar-refractivity contribution >= 4 is 5.97 Å². The highest BCUT2D eigenvalue weighted by Crippen LogP contribution is 2.36. The molecule has 2 atom stereocenters. The van der Waals surface area contributed by atoms with E-state index in [1.807, 2.05) is 6.07 Å². The maximum absolute atomic E-state index is 12.5. The fourth-order valence-electron chi connectivity index (χ4n) is 4.48. The molecule has 0 saturated heterocycles. The second kappa shape index (κ2) is 15.3. The summed E-state index contributed by atoms with van der Waals surface area (Å²) in [6.45, 7) is 5.12. The van der Waals surface area contributed by atoms with Crippen LogP contribution in [0.1, 0.15) is 122 Å². The molecule has 0 bridgehead atoms. The van der Waals surface area contributed by atoms with E-state index in [9.17, 15) is 4.79 Å². The quantitative estimate of drug-likeness (QED) is 0.215. The molecule has 1 aromatic rings. The zero-order valence-corrected chi connectivity index (χ0v) is 19.5. The smallest absolute Gasteiger partial charge is 0.306 e. The summed E-state index contributed by atoms with van der Waals surface area (Å²) in [5.74, 6) is 1.23. The third-order valence-electron chi connectivity index (χ3n) is 6.23. The van der Waals surface area contributed by atoms with Crippen LogP contribution < -0.4 is 4.74 Å². The third kappa shape index (κ3) is 9.53. The van der Waals surface area contributed by atoms with Gasteiger partial charge in [-0.1, -0.05) is 83.8 Å². The Morgan fingerprint density at radius 3 is 2.33 bits per heavy atom. The standard InChI is InChI=1S/C27H44O3/c1-3-5-6-7-8-9-10-11-12-20-27(28)30-26-19-14-13-18-25(26)23-16-15-17-24(22-23)29-21-4-2/h15-17,22,25-26H,3-14,18-21H2,1-2H3/t25-,26+/m1/s1. The molecule has 1 aromatic carbocycles. The molecule has 1 aliphatic rings. The molecule has 2 rings (SSSR count). The predicted molar refractivity (Wildman–Crippen MR) is 125 cm³/mol. The molecule has 0 N–H and O–H groups in total. The van der Waals surface area contributed by atoms with Gasteiger partial charge in [0.05, 0.1) is 6.61 Å². The molecule has 0 unspecified atom stereocenters. The number of esters is 1. The Hall–Kier alpha value is -1.51. The molecular weight excluding hydrogens is 372 g/mol. The van der Waals surface area contributed by atoms with Gasteiger partial charge in [-0.15, -0.1) is 0 Å². The summed E-state index contributed by atoms with van der Waals surface area (Å²) in [5.41, 5.74) is 1.25. The van der Waals surface area contributed by atoms with Gasteiger partial charge in [-0.05, 0) is 49.8 Å². The Bertz CT molecular complexity index is 583. The van der Waals surface area contributed by atoms with Crippen LogP contribution in [0.15, 0.2) is 24.3 Å². The average Bonchev–Trinajstić information content (AvgIpc) is 2.77. The summed E-state index contributed by atoms with van der Waals surface area (Å²) in [6.07, 6.45) is 17.4. The summed E-state index contributed by atoms with van der Waals surface area (Å²) >= 11 is 0. The Morgan fingerprint density at radius 2 is 1.60 bits per heavy atom. The van der Waals surface area contributed by atoms with Crippen LogP contribution in [0.25, 0.3) is 0 Å². The van der Waals surface area contributed by atoms with Crippen molar-refractivity contribution in [3.63, 3.8) is 0 Å². The topological polar surface area (TPSA) is 35.5 Å². The zero-order valence-electron chi connectivity index (χ0n) is 19.5. The van der Waals surface area contributed by atoms with Crippen molar-refractivity contribution in [1.29, 1.82) is 0 Å². The molecule has 30 heavy (non-hydrogen) atoms. The van der Waals surface area contributed by atoms with Crippen LogP contribution in [0.4, 0.5) is 0 Å². The van der Waals surface area contributed by atoms with Crippen LogP contribution in [-0.4, -0.2) is 18.7 Å². The van der Waals surface area contributed by atoms with Crippen molar-refractivity contribution < 1.29 is 14.3 Å². The first-order valence-corrected chi connectivity index (χ1v) is 12.7. The Balaban J connectivity index is 1.71. The lowest BCUT2D eigenvalue weighted by molar-refractivity contribution is -0.151. The van der Waals surface area contributed by atoms with Gasteiger partial charge in [-0.25, -0.2) is 0 Å². The Morgan fingerprint density at radius 1 is 0.900 bits per heavy atom. The Labute approximate surface area is 184 Å². The first-order valence-electron chi connectivity index (χ1n) is 12.7. The molecule has 0 aromatic heterocycles. The lowest BCUT2D eigenvalue weighted by Crippen LogP contribution is -2.28. The van der Waals surface area contributed by atoms with Gasteiger partial charge in [0.1, 0.15) is 11.9 Å². The summed E-state index contributed by atoms with van der Waals surface area (Å²) in [5, 5.41) is 0. The number of hydrogen-bond donors (Lipinski definition) is 0. The minimum absolute atomic E-state index is 0.00627. The Kier molecular flexibility index (Phi) is 12.6. The number of carbonyl (C=O) groups excluding carboxylic acids is 1. The molecule has 1 fully saturated rings. The van der Waals surface area contributed by atoms with E-state index < -0.39 is 0 Å². The monoisotopic (exact) mass is 416 g/mol. The first-order chi connectivity index (χ1) is 14.7. The minimum Gasteiger partial charge on any atom is -0.494 e. The van der Waals surface area contributed by atoms with Crippen LogP contribution in [0.3, 0.4) is 0 Å². The van der Waals surface area contributed by atoms with Gasteiger partial charge >= 0.3 is 5.97 Å². The average molecular weight is 417 g/mol. The molecule has 0 amide bonds. The number of carbonyl (C=O) groups is 1. The molecular formula is C27H44O3. The van der Waals surface area contributed by atoms with Gasteiger partial charge in [-0.3, -0.25) is 4.79 Å². The van der Waals surface area contributed by atoms with E-state index in [4.69, 9.17) is 9.47 Å². The molecule has 3 nitrogen and oxygen atoms in total. The van der Waals surface area contributed by atoms with E-state index in [2.05, 4.69) is 32.0 Å². The van der Waals surface area contributed by atoms with E-state index >= 15 is 0 Å². The number of rotatable bonds is 15. The predicted octanol–water partition coefficient (Wildman–Crippen LogP) is 7.97. The van der Waals surface area contributed by atoms with Crippen molar-refractivity contribution in [3.05, 3.63) is 29.8 Å². The van der Waals surface area contributed by atoms with Gasteiger partial charge in [0.2, 0.25) is 0 Å². The van der Waals surface area contributed by atoms with Crippen LogP contribution >= 0.6 is 0 Å². The van der Waals surface area contributed by atoms with Gasteiger partial charge < -0.3 is 9.47 Å². The zero-order chi connectivity index (χ0) is 21.4. The third-order valence-corrected chi connectivity index (χ3v) is 6.23. The summed E-state index contributed by atoms with van der Waals surface area (Å²) in [6, 6.07) is 8.39. The van der Waals surface area contributed by atoms with E-state index in [1.165, 1.54) is 56.9 Å². The van der Waals surface area contributed by atoms with Crippen molar-refractivity contribution in [2.24, 2.45) is 0 Å². The van der Waals surface area contributed by atoms with Gasteiger partial charge in [0.15, 0.2) is 0 Å². The largest absolute Gasteiger partial charge is 0.494 e. The van der Waals surface area contributed by atoms with Crippen LogP contribution in [0.5, 0.6) is 5.75 Å². The number of ether oxygens (including phenoxy) is 2. The highest BCUT2D eigenvalue weighted by molar-refractivity contribution is 5.69. The van der Waals surface area contributed by atoms with E-state index in [0.29, 0.717) is 12.3 Å². The highest BCUT2D eigenvalue weighted by Gasteiger charge is 2.29. The summed E-state index contributed by atoms with van der Waals surface area (Å²) in [4.78, 5) is 12.5. The maximum Gasteiger partial charge on any atom is 0.306 e. The molecule has 1 saturated carbocycles. The fraction of sp³-hybridized carbons (Fsp3) is 0.741. The van der Waals surface area contributed by atoms with E-state index in [1.54, 1.807) is 0 Å². The minimum atomic E-state index is -0.00627. The van der Waals surface area contributed by atoms with Crippen molar-refractivity contribution in [1.82, 2.24) is 0 Å². The highest BCUT2D eigenvalue weighted by atomic mass is 16.5. The van der Waals surface area contributed by atoms with Crippen LogP contribution in [0.2, 0.25) is 0 Å². The van der Waals surface area contributed by atoms with Crippen LogP contribution in [0, 0.1) is 0 Å². The molecule has 0 heterocycles. The molecule has 0 radical (unpaired) electrons. The van der Waals surface area contributed by atoms with Gasteiger partial charge in [-0.2, -0.15) is 0 Å². The van der Waals surface area contributed by atoms with Gasteiger partial charge in [0.25, 0.3) is 0 Å². The lowest BCUT2D eigenvalue weighted by Gasteiger charge is -2.31. The first kappa shape index (κ1) is 24.8. The molecule has 170 valence electrons. The van der Waals surface area contributed by atoms with E-state index in [-0.39, 0.29) is 12.1 Å². The molecule has 0 spiro atoms. The maximum atomic E-state index is 12.5. The SMILES string of the molecule is CCCCCCCCCCCC(=O)O[C@H]1CCCC[C@@H]1c1cccc(OCCC)c1. The molecule has 3 heteroatoms. The number of unbranched alkanes of at least 4 members (excludes halogenated alkanes) is 8. The van der Waals surface area contributed by atoms with Crippen LogP contribution in [-0.2, 0) is 9.53 Å². The molecule has 1 aliphatic carbocycles. The summed E-state index contributed by atoms with van der Waals surface area (Å²) < 4.78 is 11.8. The van der Waals surface area contributed by atoms with Gasteiger partial charge in [0, 0.05) is 12.3 Å². The number of hydrogen-bond acceptors (Lipinski definition) is 3. The van der Waals surface area contributed by atoms with Crippen molar-refractivity contribution in [2.45, 2.75) is 122 Å². The summed E-state index contributed by atoms with van der Waals surface area (Å²) in [7, 11) is 0. The second-order valence-electron chi connectivity index (χ2n) is 8.92. The lowest BCUT2D eigenvalue weighted by atomic mass is 9.81. The normalized spacial score (nSPS) is 18.9. The number of benzene rings is 1. The van der Waals surface area contributed by atoms with E-state index in [0.717, 1.165) is 50.9 Å².